The van der Waals surface area contributed by atoms with E-state index in [1.165, 1.54) is 25.7 Å². The lowest BCUT2D eigenvalue weighted by Crippen LogP contribution is -2.48. The number of nitrogens with one attached hydrogen (secondary N) is 1. The second-order valence-corrected chi connectivity index (χ2v) is 5.98. The Morgan fingerprint density at radius 1 is 1.11 bits per heavy atom. The number of nitrogens with two attached hydrogens (primary N) is 1. The number of amides is 1. The lowest BCUT2D eigenvalue weighted by Gasteiger charge is -2.33. The molecule has 0 unspecified atom stereocenters. The molecule has 0 aliphatic heterocycles. The van der Waals surface area contributed by atoms with E-state index in [4.69, 9.17) is 10.5 Å². The molecule has 1 amide bonds. The molecule has 2 aliphatic rings. The summed E-state index contributed by atoms with van der Waals surface area (Å²) in [5.41, 5.74) is 5.96. The second kappa shape index (κ2) is 6.41. The third-order valence-electron chi connectivity index (χ3n) is 4.27. The highest BCUT2D eigenvalue weighted by Gasteiger charge is 2.29. The summed E-state index contributed by atoms with van der Waals surface area (Å²) in [6, 6.07) is 0.311. The number of ether oxygens (including phenoxy) is 1. The number of hydrogen-bond donors (Lipinski definition) is 2. The van der Waals surface area contributed by atoms with E-state index in [2.05, 4.69) is 5.32 Å². The van der Waals surface area contributed by atoms with Gasteiger partial charge in [-0.25, -0.2) is 4.79 Å². The molecule has 4 heteroatoms. The quantitative estimate of drug-likeness (QED) is 0.814. The van der Waals surface area contributed by atoms with Crippen LogP contribution in [-0.4, -0.2) is 24.3 Å². The second-order valence-electron chi connectivity index (χ2n) is 5.98. The first-order valence-electron chi connectivity index (χ1n) is 7.40. The number of carbonyl (C=O) groups is 1. The van der Waals surface area contributed by atoms with E-state index in [0.29, 0.717) is 12.6 Å². The zero-order valence-electron chi connectivity index (χ0n) is 11.2. The van der Waals surface area contributed by atoms with Gasteiger partial charge in [0.2, 0.25) is 0 Å². The van der Waals surface area contributed by atoms with Crippen LogP contribution in [0.15, 0.2) is 0 Å². The zero-order valence-corrected chi connectivity index (χ0v) is 11.2. The Hall–Kier alpha value is -0.770. The van der Waals surface area contributed by atoms with Crippen LogP contribution in [0.4, 0.5) is 4.79 Å². The predicted molar refractivity (Wildman–Crippen MR) is 71.4 cm³/mol. The van der Waals surface area contributed by atoms with Gasteiger partial charge in [0.15, 0.2) is 0 Å². The van der Waals surface area contributed by atoms with E-state index < -0.39 is 0 Å². The Kier molecular flexibility index (Phi) is 4.87. The molecule has 0 bridgehead atoms. The first-order chi connectivity index (χ1) is 8.68. The molecule has 0 saturated heterocycles. The summed E-state index contributed by atoms with van der Waals surface area (Å²) in [6.07, 6.45) is 11.1. The molecule has 0 aromatic carbocycles. The Morgan fingerprint density at radius 3 is 2.39 bits per heavy atom. The smallest absolute Gasteiger partial charge is 0.407 e. The van der Waals surface area contributed by atoms with Crippen molar-refractivity contribution in [1.29, 1.82) is 0 Å². The molecule has 2 saturated carbocycles. The molecule has 0 radical (unpaired) electrons. The van der Waals surface area contributed by atoms with Gasteiger partial charge in [0.1, 0.15) is 6.61 Å². The molecule has 104 valence electrons. The average molecular weight is 254 g/mol. The van der Waals surface area contributed by atoms with E-state index in [9.17, 15) is 4.79 Å². The van der Waals surface area contributed by atoms with Crippen LogP contribution in [0.5, 0.6) is 0 Å². The Balaban J connectivity index is 1.67. The van der Waals surface area contributed by atoms with Crippen molar-refractivity contribution in [2.24, 2.45) is 5.73 Å². The molecule has 2 aliphatic carbocycles. The summed E-state index contributed by atoms with van der Waals surface area (Å²) in [6.45, 7) is 0.367. The van der Waals surface area contributed by atoms with Crippen LogP contribution in [0.1, 0.15) is 64.2 Å². The van der Waals surface area contributed by atoms with Crippen molar-refractivity contribution in [2.75, 3.05) is 6.61 Å². The van der Waals surface area contributed by atoms with Gasteiger partial charge in [-0.3, -0.25) is 0 Å². The predicted octanol–water partition coefficient (Wildman–Crippen LogP) is 2.71. The number of carbonyl (C=O) groups excluding carboxylic acids is 1. The summed E-state index contributed by atoms with van der Waals surface area (Å²) >= 11 is 0. The third-order valence-corrected chi connectivity index (χ3v) is 4.27. The molecule has 2 rings (SSSR count). The minimum absolute atomic E-state index is 0.276. The summed E-state index contributed by atoms with van der Waals surface area (Å²) in [4.78, 5) is 11.7. The van der Waals surface area contributed by atoms with Crippen molar-refractivity contribution in [3.8, 4) is 0 Å². The largest absolute Gasteiger partial charge is 0.448 e. The maximum atomic E-state index is 11.7. The van der Waals surface area contributed by atoms with Crippen molar-refractivity contribution in [2.45, 2.75) is 75.8 Å². The van der Waals surface area contributed by atoms with Crippen LogP contribution in [-0.2, 0) is 4.74 Å². The van der Waals surface area contributed by atoms with Crippen molar-refractivity contribution < 1.29 is 9.53 Å². The monoisotopic (exact) mass is 254 g/mol. The minimum atomic E-state index is -0.280. The molecular formula is C14H26N2O2. The maximum Gasteiger partial charge on any atom is 0.407 e. The van der Waals surface area contributed by atoms with E-state index in [1.807, 2.05) is 0 Å². The molecule has 18 heavy (non-hydrogen) atoms. The fourth-order valence-electron chi connectivity index (χ4n) is 3.06. The van der Waals surface area contributed by atoms with Crippen LogP contribution in [0.2, 0.25) is 0 Å². The van der Waals surface area contributed by atoms with Crippen LogP contribution in [0.3, 0.4) is 0 Å². The fraction of sp³-hybridized carbons (Fsp3) is 0.929. The van der Waals surface area contributed by atoms with Crippen molar-refractivity contribution >= 4 is 6.09 Å². The standard InChI is InChI=1S/C14H26N2O2/c15-14(9-5-2-6-10-14)11-18-13(17)16-12-7-3-1-4-8-12/h12H,1-11,15H2,(H,16,17). The van der Waals surface area contributed by atoms with Gasteiger partial charge in [-0.15, -0.1) is 0 Å². The van der Waals surface area contributed by atoms with Crippen LogP contribution < -0.4 is 11.1 Å². The van der Waals surface area contributed by atoms with Gasteiger partial charge in [0.05, 0.1) is 5.54 Å². The lowest BCUT2D eigenvalue weighted by molar-refractivity contribution is 0.0971. The summed E-state index contributed by atoms with van der Waals surface area (Å²) in [5.74, 6) is 0. The van der Waals surface area contributed by atoms with Gasteiger partial charge in [-0.05, 0) is 25.7 Å². The number of rotatable bonds is 3. The highest BCUT2D eigenvalue weighted by atomic mass is 16.5. The Bertz CT molecular complexity index is 269. The van der Waals surface area contributed by atoms with Gasteiger partial charge in [-0.2, -0.15) is 0 Å². The van der Waals surface area contributed by atoms with Crippen LogP contribution in [0, 0.1) is 0 Å². The third kappa shape index (κ3) is 4.16. The van der Waals surface area contributed by atoms with Crippen molar-refractivity contribution in [3.63, 3.8) is 0 Å². The normalized spacial score (nSPS) is 24.5. The lowest BCUT2D eigenvalue weighted by atomic mass is 9.83. The first-order valence-corrected chi connectivity index (χ1v) is 7.40. The first kappa shape index (κ1) is 13.7. The molecule has 0 aromatic heterocycles. The van der Waals surface area contributed by atoms with Crippen LogP contribution >= 0.6 is 0 Å². The molecule has 0 atom stereocenters. The summed E-state index contributed by atoms with van der Waals surface area (Å²) in [5, 5.41) is 2.96. The molecule has 4 nitrogen and oxygen atoms in total. The maximum absolute atomic E-state index is 11.7. The topological polar surface area (TPSA) is 64.3 Å². The van der Waals surface area contributed by atoms with Crippen LogP contribution in [0.25, 0.3) is 0 Å². The Morgan fingerprint density at radius 2 is 1.72 bits per heavy atom. The highest BCUT2D eigenvalue weighted by Crippen LogP contribution is 2.26. The average Bonchev–Trinajstić information content (AvgIpc) is 2.39. The summed E-state index contributed by atoms with van der Waals surface area (Å²) in [7, 11) is 0. The van der Waals surface area contributed by atoms with Crippen molar-refractivity contribution in [1.82, 2.24) is 5.32 Å². The fourth-order valence-corrected chi connectivity index (χ4v) is 3.06. The van der Waals surface area contributed by atoms with Gasteiger partial charge in [0.25, 0.3) is 0 Å². The van der Waals surface area contributed by atoms with E-state index >= 15 is 0 Å². The zero-order chi connectivity index (χ0) is 12.8. The van der Waals surface area contributed by atoms with Gasteiger partial charge in [-0.1, -0.05) is 38.5 Å². The molecule has 0 aromatic rings. The molecule has 3 N–H and O–H groups in total. The molecule has 2 fully saturated rings. The van der Waals surface area contributed by atoms with E-state index in [0.717, 1.165) is 38.5 Å². The van der Waals surface area contributed by atoms with Gasteiger partial charge < -0.3 is 15.8 Å². The van der Waals surface area contributed by atoms with E-state index in [-0.39, 0.29) is 11.6 Å². The number of hydrogen-bond acceptors (Lipinski definition) is 3. The SMILES string of the molecule is NC1(COC(=O)NC2CCCCC2)CCCCC1. The van der Waals surface area contributed by atoms with Gasteiger partial charge in [0, 0.05) is 6.04 Å². The Labute approximate surface area is 110 Å². The molecule has 0 heterocycles. The van der Waals surface area contributed by atoms with Gasteiger partial charge >= 0.3 is 6.09 Å². The van der Waals surface area contributed by atoms with Crippen molar-refractivity contribution in [3.05, 3.63) is 0 Å². The van der Waals surface area contributed by atoms with E-state index in [1.54, 1.807) is 0 Å². The molecular weight excluding hydrogens is 228 g/mol. The molecule has 0 spiro atoms. The highest BCUT2D eigenvalue weighted by molar-refractivity contribution is 5.67. The number of alkyl carbamates (subject to hydrolysis) is 1. The minimum Gasteiger partial charge on any atom is -0.448 e. The summed E-state index contributed by atoms with van der Waals surface area (Å²) < 4.78 is 5.31.